The van der Waals surface area contributed by atoms with E-state index in [4.69, 9.17) is 4.42 Å². The minimum absolute atomic E-state index is 0.503. The molecular formula is C14H10IN3OS. The first-order valence-corrected chi connectivity index (χ1v) is 7.99. The molecule has 0 spiro atoms. The number of pyridine rings is 1. The zero-order valence-corrected chi connectivity index (χ0v) is 13.3. The lowest BCUT2D eigenvalue weighted by Gasteiger charge is -1.98. The van der Waals surface area contributed by atoms with Crippen molar-refractivity contribution in [3.63, 3.8) is 0 Å². The van der Waals surface area contributed by atoms with E-state index in [-0.39, 0.29) is 0 Å². The van der Waals surface area contributed by atoms with Crippen molar-refractivity contribution in [1.29, 1.82) is 0 Å². The quantitative estimate of drug-likeness (QED) is 0.493. The molecule has 3 rings (SSSR count). The number of hydrogen-bond donors (Lipinski definition) is 0. The summed E-state index contributed by atoms with van der Waals surface area (Å²) in [6, 6.07) is 12.1. The van der Waals surface area contributed by atoms with Gasteiger partial charge in [0.2, 0.25) is 5.89 Å². The van der Waals surface area contributed by atoms with E-state index < -0.39 is 0 Å². The Kier molecular flexibility index (Phi) is 4.31. The Hall–Kier alpha value is -1.41. The zero-order valence-electron chi connectivity index (χ0n) is 10.4. The Bertz CT molecular complexity index is 685. The summed E-state index contributed by atoms with van der Waals surface area (Å²) in [7, 11) is 0. The topological polar surface area (TPSA) is 51.8 Å². The molecule has 0 unspecified atom stereocenters. The van der Waals surface area contributed by atoms with Gasteiger partial charge in [-0.3, -0.25) is 4.98 Å². The first kappa shape index (κ1) is 13.6. The number of benzene rings is 1. The van der Waals surface area contributed by atoms with Crippen LogP contribution < -0.4 is 0 Å². The fraction of sp³-hybridized carbons (Fsp3) is 0.0714. The first-order valence-electron chi connectivity index (χ1n) is 5.92. The third kappa shape index (κ3) is 3.37. The van der Waals surface area contributed by atoms with Crippen molar-refractivity contribution in [2.75, 3.05) is 0 Å². The molecule has 0 aliphatic heterocycles. The van der Waals surface area contributed by atoms with E-state index in [0.29, 0.717) is 11.1 Å². The largest absolute Gasteiger partial charge is 0.411 e. The maximum absolute atomic E-state index is 5.61. The summed E-state index contributed by atoms with van der Waals surface area (Å²) in [6.07, 6.45) is 3.42. The molecule has 1 aromatic carbocycles. The highest BCUT2D eigenvalue weighted by atomic mass is 127. The second kappa shape index (κ2) is 6.36. The van der Waals surface area contributed by atoms with Crippen molar-refractivity contribution >= 4 is 34.4 Å². The van der Waals surface area contributed by atoms with Crippen molar-refractivity contribution in [2.24, 2.45) is 0 Å². The minimum Gasteiger partial charge on any atom is -0.411 e. The normalized spacial score (nSPS) is 10.7. The maximum Gasteiger partial charge on any atom is 0.277 e. The SMILES string of the molecule is Ic1ccc(CSc2nnc(-c3cccnc3)o2)cc1. The van der Waals surface area contributed by atoms with Gasteiger partial charge in [-0.25, -0.2) is 0 Å². The summed E-state index contributed by atoms with van der Waals surface area (Å²) in [4.78, 5) is 4.04. The van der Waals surface area contributed by atoms with Gasteiger partial charge in [0.15, 0.2) is 0 Å². The highest BCUT2D eigenvalue weighted by Crippen LogP contribution is 2.25. The molecule has 2 heterocycles. The standard InChI is InChI=1S/C14H10IN3OS/c15-12-5-3-10(4-6-12)9-20-14-18-17-13(19-14)11-2-1-7-16-8-11/h1-8H,9H2. The van der Waals surface area contributed by atoms with E-state index in [2.05, 4.69) is 62.0 Å². The molecular weight excluding hydrogens is 385 g/mol. The molecule has 0 saturated heterocycles. The Morgan fingerprint density at radius 1 is 1.10 bits per heavy atom. The summed E-state index contributed by atoms with van der Waals surface area (Å²) in [5, 5.41) is 8.65. The Morgan fingerprint density at radius 2 is 1.95 bits per heavy atom. The van der Waals surface area contributed by atoms with E-state index in [0.717, 1.165) is 11.3 Å². The maximum atomic E-state index is 5.61. The molecule has 0 bridgehead atoms. The summed E-state index contributed by atoms with van der Waals surface area (Å²) >= 11 is 3.82. The molecule has 0 amide bonds. The summed E-state index contributed by atoms with van der Waals surface area (Å²) in [6.45, 7) is 0. The van der Waals surface area contributed by atoms with Gasteiger partial charge in [-0.05, 0) is 52.4 Å². The smallest absolute Gasteiger partial charge is 0.277 e. The lowest BCUT2D eigenvalue weighted by Crippen LogP contribution is -1.81. The number of thioether (sulfide) groups is 1. The fourth-order valence-corrected chi connectivity index (χ4v) is 2.68. The van der Waals surface area contributed by atoms with E-state index in [1.54, 1.807) is 12.4 Å². The number of halogens is 1. The van der Waals surface area contributed by atoms with Crippen LogP contribution in [-0.4, -0.2) is 15.2 Å². The molecule has 0 N–H and O–H groups in total. The molecule has 0 fully saturated rings. The van der Waals surface area contributed by atoms with Crippen molar-refractivity contribution in [2.45, 2.75) is 11.0 Å². The second-order valence-corrected chi connectivity index (χ2v) is 6.20. The molecule has 0 radical (unpaired) electrons. The number of nitrogens with zero attached hydrogens (tertiary/aromatic N) is 3. The van der Waals surface area contributed by atoms with Gasteiger partial charge < -0.3 is 4.42 Å². The van der Waals surface area contributed by atoms with Crippen molar-refractivity contribution in [3.05, 3.63) is 57.9 Å². The van der Waals surface area contributed by atoms with Gasteiger partial charge in [0, 0.05) is 21.7 Å². The van der Waals surface area contributed by atoms with E-state index in [1.807, 2.05) is 12.1 Å². The molecule has 0 atom stereocenters. The fourth-order valence-electron chi connectivity index (χ4n) is 1.60. The van der Waals surface area contributed by atoms with Gasteiger partial charge in [0.05, 0.1) is 5.56 Å². The van der Waals surface area contributed by atoms with Crippen LogP contribution in [0, 0.1) is 3.57 Å². The van der Waals surface area contributed by atoms with Crippen LogP contribution in [0.25, 0.3) is 11.5 Å². The van der Waals surface area contributed by atoms with Crippen LogP contribution in [0.5, 0.6) is 0 Å². The van der Waals surface area contributed by atoms with Crippen LogP contribution >= 0.6 is 34.4 Å². The number of hydrogen-bond acceptors (Lipinski definition) is 5. The predicted octanol–water partition coefficient (Wildman–Crippen LogP) is 4.03. The molecule has 0 aliphatic carbocycles. The van der Waals surface area contributed by atoms with Gasteiger partial charge in [-0.1, -0.05) is 23.9 Å². The van der Waals surface area contributed by atoms with Crippen LogP contribution in [0.15, 0.2) is 58.4 Å². The van der Waals surface area contributed by atoms with Crippen LogP contribution in [0.1, 0.15) is 5.56 Å². The molecule has 0 aliphatic rings. The van der Waals surface area contributed by atoms with E-state index >= 15 is 0 Å². The summed E-state index contributed by atoms with van der Waals surface area (Å²) in [5.41, 5.74) is 2.07. The van der Waals surface area contributed by atoms with Crippen LogP contribution in [0.3, 0.4) is 0 Å². The molecule has 4 nitrogen and oxygen atoms in total. The monoisotopic (exact) mass is 395 g/mol. The third-order valence-electron chi connectivity index (χ3n) is 2.59. The predicted molar refractivity (Wildman–Crippen MR) is 86.2 cm³/mol. The number of aromatic nitrogens is 3. The Labute approximate surface area is 134 Å². The van der Waals surface area contributed by atoms with Crippen LogP contribution in [0.2, 0.25) is 0 Å². The van der Waals surface area contributed by atoms with Gasteiger partial charge in [-0.15, -0.1) is 10.2 Å². The van der Waals surface area contributed by atoms with E-state index in [1.165, 1.54) is 20.9 Å². The van der Waals surface area contributed by atoms with Crippen molar-refractivity contribution in [1.82, 2.24) is 15.2 Å². The average Bonchev–Trinajstić information content (AvgIpc) is 2.97. The van der Waals surface area contributed by atoms with Gasteiger partial charge in [0.1, 0.15) is 0 Å². The average molecular weight is 395 g/mol. The molecule has 100 valence electrons. The van der Waals surface area contributed by atoms with Gasteiger partial charge in [0.25, 0.3) is 5.22 Å². The molecule has 6 heteroatoms. The molecule has 0 saturated carbocycles. The summed E-state index contributed by atoms with van der Waals surface area (Å²) in [5.74, 6) is 1.31. The highest BCUT2D eigenvalue weighted by molar-refractivity contribution is 14.1. The van der Waals surface area contributed by atoms with Gasteiger partial charge >= 0.3 is 0 Å². The van der Waals surface area contributed by atoms with E-state index in [9.17, 15) is 0 Å². The zero-order chi connectivity index (χ0) is 13.8. The lowest BCUT2D eigenvalue weighted by atomic mass is 10.2. The third-order valence-corrected chi connectivity index (χ3v) is 4.20. The minimum atomic E-state index is 0.503. The lowest BCUT2D eigenvalue weighted by molar-refractivity contribution is 0.465. The van der Waals surface area contributed by atoms with Crippen LogP contribution in [0.4, 0.5) is 0 Å². The first-order chi connectivity index (χ1) is 9.81. The summed E-state index contributed by atoms with van der Waals surface area (Å²) < 4.78 is 6.84. The molecule has 3 aromatic rings. The van der Waals surface area contributed by atoms with Gasteiger partial charge in [-0.2, -0.15) is 0 Å². The molecule has 2 aromatic heterocycles. The molecule has 20 heavy (non-hydrogen) atoms. The Balaban J connectivity index is 1.67. The second-order valence-electron chi connectivity index (χ2n) is 4.03. The van der Waals surface area contributed by atoms with Crippen LogP contribution in [-0.2, 0) is 5.75 Å². The highest BCUT2D eigenvalue weighted by Gasteiger charge is 2.09. The van der Waals surface area contributed by atoms with Crippen molar-refractivity contribution in [3.8, 4) is 11.5 Å². The number of rotatable bonds is 4. The Morgan fingerprint density at radius 3 is 2.70 bits per heavy atom. The van der Waals surface area contributed by atoms with Crippen molar-refractivity contribution < 1.29 is 4.42 Å².